The Balaban J connectivity index is 1.22. The van der Waals surface area contributed by atoms with E-state index >= 15 is 0 Å². The van der Waals surface area contributed by atoms with Crippen LogP contribution in [-0.4, -0.2) is 72.8 Å². The largest absolute Gasteiger partial charge is 0.492 e. The molecule has 0 amide bonds. The summed E-state index contributed by atoms with van der Waals surface area (Å²) in [5.41, 5.74) is 3.97. The number of ether oxygens (including phenoxy) is 1. The SMILES string of the molecule is CN1CCN(CCOc2ccc(-c3ccc(C(O)CNCc4ccccc4)nc3)cc2)CC1. The number of aliphatic hydroxyl groups excluding tert-OH is 1. The predicted molar refractivity (Wildman–Crippen MR) is 132 cm³/mol. The first-order valence-electron chi connectivity index (χ1n) is 11.7. The minimum Gasteiger partial charge on any atom is -0.492 e. The molecule has 4 rings (SSSR count). The van der Waals surface area contributed by atoms with Crippen LogP contribution in [0.3, 0.4) is 0 Å². The van der Waals surface area contributed by atoms with Gasteiger partial charge < -0.3 is 20.1 Å². The Bertz CT molecular complexity index is 956. The lowest BCUT2D eigenvalue weighted by molar-refractivity contribution is 0.134. The molecule has 174 valence electrons. The van der Waals surface area contributed by atoms with Gasteiger partial charge in [-0.1, -0.05) is 48.5 Å². The molecule has 2 heterocycles. The summed E-state index contributed by atoms with van der Waals surface area (Å²) in [5.74, 6) is 0.886. The van der Waals surface area contributed by atoms with Crippen LogP contribution in [0.4, 0.5) is 0 Å². The van der Waals surface area contributed by atoms with Gasteiger partial charge in [0.15, 0.2) is 0 Å². The average molecular weight is 447 g/mol. The summed E-state index contributed by atoms with van der Waals surface area (Å²) in [5, 5.41) is 13.7. The van der Waals surface area contributed by atoms with Crippen molar-refractivity contribution in [3.05, 3.63) is 84.2 Å². The Hall–Kier alpha value is -2.77. The molecule has 0 aliphatic carbocycles. The molecule has 0 radical (unpaired) electrons. The van der Waals surface area contributed by atoms with Gasteiger partial charge in [-0.25, -0.2) is 0 Å². The van der Waals surface area contributed by atoms with Crippen LogP contribution in [0.2, 0.25) is 0 Å². The van der Waals surface area contributed by atoms with Gasteiger partial charge in [-0.15, -0.1) is 0 Å². The van der Waals surface area contributed by atoms with Gasteiger partial charge in [-0.2, -0.15) is 0 Å². The second kappa shape index (κ2) is 11.9. The van der Waals surface area contributed by atoms with Crippen LogP contribution < -0.4 is 10.1 Å². The van der Waals surface area contributed by atoms with Crippen molar-refractivity contribution in [1.29, 1.82) is 0 Å². The molecule has 1 atom stereocenters. The van der Waals surface area contributed by atoms with Crippen LogP contribution in [0.1, 0.15) is 17.4 Å². The van der Waals surface area contributed by atoms with Gasteiger partial charge in [0.25, 0.3) is 0 Å². The predicted octanol–water partition coefficient (Wildman–Crippen LogP) is 3.20. The maximum absolute atomic E-state index is 10.4. The van der Waals surface area contributed by atoms with Gasteiger partial charge in [0, 0.05) is 57.6 Å². The zero-order chi connectivity index (χ0) is 22.9. The highest BCUT2D eigenvalue weighted by molar-refractivity contribution is 5.63. The Morgan fingerprint density at radius 2 is 1.67 bits per heavy atom. The summed E-state index contributed by atoms with van der Waals surface area (Å²) in [6, 6.07) is 22.2. The Morgan fingerprint density at radius 1 is 0.939 bits per heavy atom. The number of benzene rings is 2. The lowest BCUT2D eigenvalue weighted by atomic mass is 10.1. The van der Waals surface area contributed by atoms with E-state index < -0.39 is 6.10 Å². The van der Waals surface area contributed by atoms with Gasteiger partial charge in [0.1, 0.15) is 18.5 Å². The summed E-state index contributed by atoms with van der Waals surface area (Å²) < 4.78 is 5.94. The maximum Gasteiger partial charge on any atom is 0.119 e. The van der Waals surface area contributed by atoms with E-state index in [-0.39, 0.29) is 0 Å². The summed E-state index contributed by atoms with van der Waals surface area (Å²) in [6.45, 7) is 7.32. The fourth-order valence-corrected chi connectivity index (χ4v) is 3.93. The van der Waals surface area contributed by atoms with Gasteiger partial charge in [-0.05, 0) is 36.4 Å². The molecule has 0 bridgehead atoms. The van der Waals surface area contributed by atoms with Crippen LogP contribution in [0, 0.1) is 0 Å². The van der Waals surface area contributed by atoms with Crippen molar-refractivity contribution in [3.8, 4) is 16.9 Å². The molecule has 1 fully saturated rings. The lowest BCUT2D eigenvalue weighted by Crippen LogP contribution is -2.45. The van der Waals surface area contributed by atoms with Crippen LogP contribution in [0.5, 0.6) is 5.75 Å². The highest BCUT2D eigenvalue weighted by Gasteiger charge is 2.13. The van der Waals surface area contributed by atoms with Crippen LogP contribution in [0.15, 0.2) is 72.9 Å². The molecule has 1 aromatic heterocycles. The number of aliphatic hydroxyl groups is 1. The maximum atomic E-state index is 10.4. The third kappa shape index (κ3) is 7.11. The Kier molecular flexibility index (Phi) is 8.44. The van der Waals surface area contributed by atoms with E-state index in [0.717, 1.165) is 56.1 Å². The van der Waals surface area contributed by atoms with Gasteiger partial charge >= 0.3 is 0 Å². The van der Waals surface area contributed by atoms with Crippen molar-refractivity contribution in [2.24, 2.45) is 0 Å². The van der Waals surface area contributed by atoms with Crippen LogP contribution in [-0.2, 0) is 6.54 Å². The fraction of sp³-hybridized carbons (Fsp3) is 0.370. The topological polar surface area (TPSA) is 60.9 Å². The van der Waals surface area contributed by atoms with E-state index in [4.69, 9.17) is 4.74 Å². The number of hydrogen-bond acceptors (Lipinski definition) is 6. The smallest absolute Gasteiger partial charge is 0.119 e. The lowest BCUT2D eigenvalue weighted by Gasteiger charge is -2.32. The Morgan fingerprint density at radius 3 is 2.36 bits per heavy atom. The highest BCUT2D eigenvalue weighted by Crippen LogP contribution is 2.23. The summed E-state index contributed by atoms with van der Waals surface area (Å²) in [7, 11) is 2.17. The minimum atomic E-state index is -0.640. The van der Waals surface area contributed by atoms with E-state index in [1.165, 1.54) is 5.56 Å². The molecule has 1 saturated heterocycles. The molecular weight excluding hydrogens is 412 g/mol. The van der Waals surface area contributed by atoms with E-state index in [1.54, 1.807) is 0 Å². The third-order valence-corrected chi connectivity index (χ3v) is 6.10. The number of piperazine rings is 1. The zero-order valence-electron chi connectivity index (χ0n) is 19.4. The van der Waals surface area contributed by atoms with Crippen molar-refractivity contribution in [1.82, 2.24) is 20.1 Å². The molecule has 1 aliphatic rings. The van der Waals surface area contributed by atoms with E-state index in [1.807, 2.05) is 48.7 Å². The Labute approximate surface area is 196 Å². The summed E-state index contributed by atoms with van der Waals surface area (Å²) >= 11 is 0. The van der Waals surface area contributed by atoms with Crippen molar-refractivity contribution >= 4 is 0 Å². The number of pyridine rings is 1. The molecule has 0 spiro atoms. The molecule has 6 heteroatoms. The van der Waals surface area contributed by atoms with Crippen molar-refractivity contribution in [3.63, 3.8) is 0 Å². The van der Waals surface area contributed by atoms with Crippen molar-refractivity contribution in [2.45, 2.75) is 12.6 Å². The first-order valence-corrected chi connectivity index (χ1v) is 11.7. The number of likely N-dealkylation sites (N-methyl/N-ethyl adjacent to an activating group) is 1. The highest BCUT2D eigenvalue weighted by atomic mass is 16.5. The summed E-state index contributed by atoms with van der Waals surface area (Å²) in [4.78, 5) is 9.29. The number of rotatable bonds is 10. The number of hydrogen-bond donors (Lipinski definition) is 2. The third-order valence-electron chi connectivity index (χ3n) is 6.10. The molecule has 1 aliphatic heterocycles. The number of nitrogens with zero attached hydrogens (tertiary/aromatic N) is 3. The fourth-order valence-electron chi connectivity index (χ4n) is 3.93. The zero-order valence-corrected chi connectivity index (χ0v) is 19.4. The molecule has 33 heavy (non-hydrogen) atoms. The normalized spacial score (nSPS) is 15.9. The molecule has 1 unspecified atom stereocenters. The molecule has 2 N–H and O–H groups in total. The van der Waals surface area contributed by atoms with Crippen LogP contribution >= 0.6 is 0 Å². The first-order chi connectivity index (χ1) is 16.2. The number of nitrogens with one attached hydrogen (secondary N) is 1. The summed E-state index contributed by atoms with van der Waals surface area (Å²) in [6.07, 6.45) is 1.18. The first kappa shape index (κ1) is 23.4. The molecule has 0 saturated carbocycles. The molecule has 2 aromatic carbocycles. The average Bonchev–Trinajstić information content (AvgIpc) is 2.86. The molecular formula is C27H34N4O2. The minimum absolute atomic E-state index is 0.460. The van der Waals surface area contributed by atoms with Gasteiger partial charge in [-0.3, -0.25) is 9.88 Å². The van der Waals surface area contributed by atoms with E-state index in [0.29, 0.717) is 18.8 Å². The second-order valence-electron chi connectivity index (χ2n) is 8.62. The van der Waals surface area contributed by atoms with E-state index in [2.05, 4.69) is 51.4 Å². The second-order valence-corrected chi connectivity index (χ2v) is 8.62. The van der Waals surface area contributed by atoms with Crippen molar-refractivity contribution in [2.75, 3.05) is 52.9 Å². The number of aromatic nitrogens is 1. The molecule has 3 aromatic rings. The molecule has 6 nitrogen and oxygen atoms in total. The van der Waals surface area contributed by atoms with Crippen molar-refractivity contribution < 1.29 is 9.84 Å². The van der Waals surface area contributed by atoms with E-state index in [9.17, 15) is 5.11 Å². The standard InChI is InChI=1S/C27H34N4O2/c1-30-13-15-31(16-14-30)17-18-33-25-10-7-23(8-11-25)24-9-12-26(29-20-24)27(32)21-28-19-22-5-3-2-4-6-22/h2-12,20,27-28,32H,13-19,21H2,1H3. The van der Waals surface area contributed by atoms with Gasteiger partial charge in [0.05, 0.1) is 5.69 Å². The quantitative estimate of drug-likeness (QED) is 0.499. The monoisotopic (exact) mass is 446 g/mol. The van der Waals surface area contributed by atoms with Gasteiger partial charge in [0.2, 0.25) is 0 Å². The van der Waals surface area contributed by atoms with Crippen LogP contribution in [0.25, 0.3) is 11.1 Å².